The zero-order valence-electron chi connectivity index (χ0n) is 14.3. The minimum Gasteiger partial charge on any atom is -0.357 e. The number of aromatic amines is 1. The van der Waals surface area contributed by atoms with Crippen molar-refractivity contribution in [2.75, 3.05) is 0 Å². The van der Waals surface area contributed by atoms with Gasteiger partial charge < -0.3 is 4.98 Å². The second-order valence-corrected chi connectivity index (χ2v) is 6.41. The van der Waals surface area contributed by atoms with E-state index in [9.17, 15) is 9.59 Å². The van der Waals surface area contributed by atoms with Crippen molar-refractivity contribution in [3.63, 3.8) is 0 Å². The number of amides is 2. The molecule has 0 radical (unpaired) electrons. The van der Waals surface area contributed by atoms with Crippen LogP contribution >= 0.6 is 11.6 Å². The van der Waals surface area contributed by atoms with E-state index in [2.05, 4.69) is 20.9 Å². The Labute approximate surface area is 155 Å². The molecule has 0 saturated carbocycles. The molecule has 0 aliphatic heterocycles. The van der Waals surface area contributed by atoms with E-state index in [1.54, 1.807) is 35.1 Å². The summed E-state index contributed by atoms with van der Waals surface area (Å²) in [6.45, 7) is 3.94. The van der Waals surface area contributed by atoms with Gasteiger partial charge in [0.25, 0.3) is 11.8 Å². The molecule has 2 heterocycles. The summed E-state index contributed by atoms with van der Waals surface area (Å²) in [6, 6.07) is 10.5. The number of hydrogen-bond acceptors (Lipinski definition) is 3. The van der Waals surface area contributed by atoms with Crippen LogP contribution in [0.4, 0.5) is 0 Å². The zero-order valence-corrected chi connectivity index (χ0v) is 15.0. The SMILES string of the molecule is CC(C)c1c(C(=O)NNC(=O)c2ccc[nH]2)cnn1-c1ccc(Cl)cc1. The van der Waals surface area contributed by atoms with Gasteiger partial charge in [0.2, 0.25) is 0 Å². The lowest BCUT2D eigenvalue weighted by Crippen LogP contribution is -2.42. The van der Waals surface area contributed by atoms with E-state index >= 15 is 0 Å². The first-order chi connectivity index (χ1) is 12.5. The minimum absolute atomic E-state index is 0.0352. The lowest BCUT2D eigenvalue weighted by atomic mass is 10.1. The molecule has 0 saturated heterocycles. The molecule has 7 nitrogen and oxygen atoms in total. The van der Waals surface area contributed by atoms with Crippen LogP contribution in [-0.2, 0) is 0 Å². The van der Waals surface area contributed by atoms with Crippen LogP contribution in [0.15, 0.2) is 48.8 Å². The first-order valence-corrected chi connectivity index (χ1v) is 8.43. The minimum atomic E-state index is -0.436. The second-order valence-electron chi connectivity index (χ2n) is 5.98. The van der Waals surface area contributed by atoms with E-state index in [-0.39, 0.29) is 5.92 Å². The van der Waals surface area contributed by atoms with Crippen molar-refractivity contribution in [2.24, 2.45) is 0 Å². The number of H-pyrrole nitrogens is 1. The molecule has 0 fully saturated rings. The van der Waals surface area contributed by atoms with E-state index in [1.807, 2.05) is 26.0 Å². The van der Waals surface area contributed by atoms with E-state index in [0.717, 1.165) is 11.4 Å². The Morgan fingerprint density at radius 1 is 1.12 bits per heavy atom. The lowest BCUT2D eigenvalue weighted by molar-refractivity contribution is 0.0843. The van der Waals surface area contributed by atoms with Gasteiger partial charge in [-0.25, -0.2) is 4.68 Å². The first-order valence-electron chi connectivity index (χ1n) is 8.05. The number of carbonyl (C=O) groups is 2. The van der Waals surface area contributed by atoms with Gasteiger partial charge in [0, 0.05) is 11.2 Å². The molecule has 0 unspecified atom stereocenters. The van der Waals surface area contributed by atoms with Crippen LogP contribution in [0.25, 0.3) is 5.69 Å². The number of nitrogens with zero attached hydrogens (tertiary/aromatic N) is 2. The fourth-order valence-corrected chi connectivity index (χ4v) is 2.72. The van der Waals surface area contributed by atoms with Crippen LogP contribution in [0.2, 0.25) is 5.02 Å². The Bertz CT molecular complexity index is 914. The number of carbonyl (C=O) groups excluding carboxylic acids is 2. The van der Waals surface area contributed by atoms with Gasteiger partial charge in [-0.15, -0.1) is 0 Å². The predicted octanol–water partition coefficient (Wildman–Crippen LogP) is 3.05. The molecule has 0 aliphatic rings. The lowest BCUT2D eigenvalue weighted by Gasteiger charge is -2.13. The first kappa shape index (κ1) is 17.8. The third-order valence-electron chi connectivity index (χ3n) is 3.80. The summed E-state index contributed by atoms with van der Waals surface area (Å²) in [5, 5.41) is 4.95. The molecule has 0 bridgehead atoms. The van der Waals surface area contributed by atoms with Crippen LogP contribution in [0.1, 0.15) is 46.3 Å². The molecule has 3 N–H and O–H groups in total. The number of rotatable bonds is 4. The zero-order chi connectivity index (χ0) is 18.7. The van der Waals surface area contributed by atoms with Crippen LogP contribution in [0, 0.1) is 0 Å². The maximum Gasteiger partial charge on any atom is 0.286 e. The molecule has 26 heavy (non-hydrogen) atoms. The van der Waals surface area contributed by atoms with Gasteiger partial charge in [0.05, 0.1) is 23.1 Å². The number of halogens is 1. The molecule has 2 aromatic heterocycles. The van der Waals surface area contributed by atoms with E-state index < -0.39 is 11.8 Å². The number of hydrazine groups is 1. The molecule has 2 amide bonds. The molecular formula is C18H18ClN5O2. The normalized spacial score (nSPS) is 10.8. The van der Waals surface area contributed by atoms with Crippen LogP contribution in [-0.4, -0.2) is 26.6 Å². The predicted molar refractivity (Wildman–Crippen MR) is 98.4 cm³/mol. The molecule has 3 aromatic rings. The third-order valence-corrected chi connectivity index (χ3v) is 4.05. The largest absolute Gasteiger partial charge is 0.357 e. The summed E-state index contributed by atoms with van der Waals surface area (Å²) in [6.07, 6.45) is 3.11. The third kappa shape index (κ3) is 3.62. The maximum atomic E-state index is 12.5. The Kier molecular flexibility index (Phi) is 5.09. The van der Waals surface area contributed by atoms with Crippen molar-refractivity contribution in [3.05, 3.63) is 70.8 Å². The van der Waals surface area contributed by atoms with Crippen molar-refractivity contribution in [2.45, 2.75) is 19.8 Å². The van der Waals surface area contributed by atoms with Crippen molar-refractivity contribution < 1.29 is 9.59 Å². The molecule has 0 spiro atoms. The van der Waals surface area contributed by atoms with Gasteiger partial charge >= 0.3 is 0 Å². The van der Waals surface area contributed by atoms with E-state index in [1.165, 1.54) is 6.20 Å². The number of aromatic nitrogens is 3. The highest BCUT2D eigenvalue weighted by molar-refractivity contribution is 6.30. The average molecular weight is 372 g/mol. The molecule has 0 atom stereocenters. The molecular weight excluding hydrogens is 354 g/mol. The summed E-state index contributed by atoms with van der Waals surface area (Å²) in [7, 11) is 0. The highest BCUT2D eigenvalue weighted by atomic mass is 35.5. The van der Waals surface area contributed by atoms with Crippen LogP contribution in [0.3, 0.4) is 0 Å². The Hall–Kier alpha value is -3.06. The molecule has 1 aromatic carbocycles. The molecule has 8 heteroatoms. The topological polar surface area (TPSA) is 91.8 Å². The molecule has 134 valence electrons. The number of benzene rings is 1. The number of hydrogen-bond donors (Lipinski definition) is 3. The maximum absolute atomic E-state index is 12.5. The average Bonchev–Trinajstić information content (AvgIpc) is 3.29. The summed E-state index contributed by atoms with van der Waals surface area (Å²) >= 11 is 5.93. The van der Waals surface area contributed by atoms with Crippen LogP contribution < -0.4 is 10.9 Å². The fourth-order valence-electron chi connectivity index (χ4n) is 2.60. The van der Waals surface area contributed by atoms with Crippen molar-refractivity contribution in [1.29, 1.82) is 0 Å². The van der Waals surface area contributed by atoms with Gasteiger partial charge in [0.15, 0.2) is 0 Å². The van der Waals surface area contributed by atoms with Crippen molar-refractivity contribution in [1.82, 2.24) is 25.6 Å². The summed E-state index contributed by atoms with van der Waals surface area (Å²) < 4.78 is 1.70. The Morgan fingerprint density at radius 3 is 2.42 bits per heavy atom. The van der Waals surface area contributed by atoms with Gasteiger partial charge in [0.1, 0.15) is 5.69 Å². The quantitative estimate of drug-likeness (QED) is 0.615. The summed E-state index contributed by atoms with van der Waals surface area (Å²) in [5.41, 5.74) is 7.08. The van der Waals surface area contributed by atoms with Gasteiger partial charge in [-0.05, 0) is 42.3 Å². The summed E-state index contributed by atoms with van der Waals surface area (Å²) in [5.74, 6) is -0.832. The van der Waals surface area contributed by atoms with E-state index in [0.29, 0.717) is 16.3 Å². The monoisotopic (exact) mass is 371 g/mol. The smallest absolute Gasteiger partial charge is 0.286 e. The molecule has 0 aliphatic carbocycles. The fraction of sp³-hybridized carbons (Fsp3) is 0.167. The second kappa shape index (κ2) is 7.45. The summed E-state index contributed by atoms with van der Waals surface area (Å²) in [4.78, 5) is 27.2. The van der Waals surface area contributed by atoms with Gasteiger partial charge in [-0.2, -0.15) is 5.10 Å². The van der Waals surface area contributed by atoms with Crippen molar-refractivity contribution in [3.8, 4) is 5.69 Å². The Morgan fingerprint density at radius 2 is 1.81 bits per heavy atom. The number of nitrogens with one attached hydrogen (secondary N) is 3. The van der Waals surface area contributed by atoms with Crippen molar-refractivity contribution >= 4 is 23.4 Å². The highest BCUT2D eigenvalue weighted by Gasteiger charge is 2.21. The molecule has 3 rings (SSSR count). The van der Waals surface area contributed by atoms with Crippen LogP contribution in [0.5, 0.6) is 0 Å². The van der Waals surface area contributed by atoms with Gasteiger partial charge in [-0.1, -0.05) is 25.4 Å². The standard InChI is InChI=1S/C18H18ClN5O2/c1-11(2)16-14(10-21-24(16)13-7-5-12(19)6-8-13)17(25)22-23-18(26)15-4-3-9-20-15/h3-11,20H,1-2H3,(H,22,25)(H,23,26). The van der Waals surface area contributed by atoms with E-state index in [4.69, 9.17) is 11.6 Å². The Balaban J connectivity index is 1.82. The highest BCUT2D eigenvalue weighted by Crippen LogP contribution is 2.23. The van der Waals surface area contributed by atoms with Gasteiger partial charge in [-0.3, -0.25) is 20.4 Å².